The largest absolute Gasteiger partial charge is 0.309 e. The molecule has 0 aliphatic heterocycles. The van der Waals surface area contributed by atoms with Crippen LogP contribution in [0.2, 0.25) is 0 Å². The molecule has 2 nitrogen and oxygen atoms in total. The Balaban J connectivity index is 1.81. The molecule has 0 bridgehead atoms. The molecule has 0 spiro atoms. The van der Waals surface area contributed by atoms with Crippen LogP contribution in [0.1, 0.15) is 30.3 Å². The number of rotatable bonds is 4. The van der Waals surface area contributed by atoms with Crippen molar-refractivity contribution in [2.45, 2.75) is 39.3 Å². The van der Waals surface area contributed by atoms with Crippen LogP contribution in [-0.2, 0) is 6.54 Å². The Kier molecular flexibility index (Phi) is 2.65. The van der Waals surface area contributed by atoms with Crippen molar-refractivity contribution >= 4 is 11.3 Å². The van der Waals surface area contributed by atoms with Crippen LogP contribution < -0.4 is 5.32 Å². The molecule has 1 fully saturated rings. The Morgan fingerprint density at radius 2 is 2.46 bits per heavy atom. The fraction of sp³-hybridized carbons (Fsp3) is 0.700. The van der Waals surface area contributed by atoms with E-state index in [4.69, 9.17) is 0 Å². The second-order valence-electron chi connectivity index (χ2n) is 3.87. The second kappa shape index (κ2) is 3.76. The molecule has 13 heavy (non-hydrogen) atoms. The highest BCUT2D eigenvalue weighted by Crippen LogP contribution is 2.32. The summed E-state index contributed by atoms with van der Waals surface area (Å²) in [4.78, 5) is 5.62. The molecule has 1 atom stereocenters. The molecule has 1 aliphatic carbocycles. The van der Waals surface area contributed by atoms with Crippen molar-refractivity contribution in [3.05, 3.63) is 16.1 Å². The van der Waals surface area contributed by atoms with Crippen LogP contribution in [0, 0.1) is 12.8 Å². The number of aryl methyl sites for hydroxylation is 1. The first kappa shape index (κ1) is 9.16. The molecule has 1 heterocycles. The van der Waals surface area contributed by atoms with Crippen molar-refractivity contribution in [1.29, 1.82) is 0 Å². The van der Waals surface area contributed by atoms with Gasteiger partial charge in [-0.2, -0.15) is 0 Å². The average molecular weight is 196 g/mol. The molecule has 0 aromatic carbocycles. The lowest BCUT2D eigenvalue weighted by atomic mass is 10.2. The van der Waals surface area contributed by atoms with Crippen molar-refractivity contribution < 1.29 is 0 Å². The Labute approximate surface area is 83.4 Å². The predicted octanol–water partition coefficient (Wildman–Crippen LogP) is 2.34. The van der Waals surface area contributed by atoms with Crippen LogP contribution in [0.25, 0.3) is 0 Å². The summed E-state index contributed by atoms with van der Waals surface area (Å²) in [7, 11) is 0. The third-order valence-corrected chi connectivity index (χ3v) is 3.69. The minimum absolute atomic E-state index is 0.682. The molecule has 0 amide bonds. The van der Waals surface area contributed by atoms with E-state index in [1.54, 1.807) is 11.3 Å². The molecule has 2 rings (SSSR count). The highest BCUT2D eigenvalue weighted by atomic mass is 32.1. The SMILES string of the molecule is Cc1ncsc1CNC(C)C1CC1. The van der Waals surface area contributed by atoms with Gasteiger partial charge in [-0.3, -0.25) is 0 Å². The van der Waals surface area contributed by atoms with Gasteiger partial charge >= 0.3 is 0 Å². The molecule has 1 unspecified atom stereocenters. The van der Waals surface area contributed by atoms with Crippen molar-refractivity contribution in [3.63, 3.8) is 0 Å². The van der Waals surface area contributed by atoms with Gasteiger partial charge in [-0.25, -0.2) is 4.98 Å². The second-order valence-corrected chi connectivity index (χ2v) is 4.81. The smallest absolute Gasteiger partial charge is 0.0798 e. The first-order valence-corrected chi connectivity index (χ1v) is 5.77. The summed E-state index contributed by atoms with van der Waals surface area (Å²) in [6.45, 7) is 5.36. The van der Waals surface area contributed by atoms with E-state index < -0.39 is 0 Å². The quantitative estimate of drug-likeness (QED) is 0.799. The zero-order chi connectivity index (χ0) is 9.26. The molecule has 3 heteroatoms. The van der Waals surface area contributed by atoms with Crippen molar-refractivity contribution in [2.24, 2.45) is 5.92 Å². The van der Waals surface area contributed by atoms with Gasteiger partial charge in [0.25, 0.3) is 0 Å². The zero-order valence-electron chi connectivity index (χ0n) is 8.21. The number of thiazole rings is 1. The highest BCUT2D eigenvalue weighted by Gasteiger charge is 2.27. The number of hydrogen-bond donors (Lipinski definition) is 1. The van der Waals surface area contributed by atoms with Gasteiger partial charge in [-0.1, -0.05) is 0 Å². The lowest BCUT2D eigenvalue weighted by molar-refractivity contribution is 0.498. The molecule has 1 saturated carbocycles. The summed E-state index contributed by atoms with van der Waals surface area (Å²) in [5.41, 5.74) is 3.11. The first-order valence-electron chi connectivity index (χ1n) is 4.89. The fourth-order valence-electron chi connectivity index (χ4n) is 1.51. The van der Waals surface area contributed by atoms with E-state index in [9.17, 15) is 0 Å². The van der Waals surface area contributed by atoms with E-state index in [0.29, 0.717) is 6.04 Å². The third kappa shape index (κ3) is 2.29. The van der Waals surface area contributed by atoms with E-state index in [1.807, 2.05) is 5.51 Å². The van der Waals surface area contributed by atoms with E-state index in [2.05, 4.69) is 24.1 Å². The maximum absolute atomic E-state index is 4.23. The summed E-state index contributed by atoms with van der Waals surface area (Å²) in [6.07, 6.45) is 2.83. The molecular formula is C10H16N2S. The van der Waals surface area contributed by atoms with Gasteiger partial charge in [-0.15, -0.1) is 11.3 Å². The Morgan fingerprint density at radius 1 is 1.69 bits per heavy atom. The zero-order valence-corrected chi connectivity index (χ0v) is 9.03. The van der Waals surface area contributed by atoms with Gasteiger partial charge < -0.3 is 5.32 Å². The number of nitrogens with one attached hydrogen (secondary N) is 1. The van der Waals surface area contributed by atoms with Crippen molar-refractivity contribution in [2.75, 3.05) is 0 Å². The normalized spacial score (nSPS) is 18.9. The first-order chi connectivity index (χ1) is 6.27. The molecule has 0 saturated heterocycles. The number of aromatic nitrogens is 1. The summed E-state index contributed by atoms with van der Waals surface area (Å²) in [5.74, 6) is 0.938. The molecule has 0 radical (unpaired) electrons. The van der Waals surface area contributed by atoms with Gasteiger partial charge in [0.05, 0.1) is 11.2 Å². The van der Waals surface area contributed by atoms with Crippen LogP contribution in [-0.4, -0.2) is 11.0 Å². The van der Waals surface area contributed by atoms with Crippen LogP contribution >= 0.6 is 11.3 Å². The summed E-state index contributed by atoms with van der Waals surface area (Å²) in [5, 5.41) is 3.56. The van der Waals surface area contributed by atoms with Crippen LogP contribution in [0.5, 0.6) is 0 Å². The summed E-state index contributed by atoms with van der Waals surface area (Å²) >= 11 is 1.75. The predicted molar refractivity (Wildman–Crippen MR) is 55.9 cm³/mol. The van der Waals surface area contributed by atoms with Gasteiger partial charge in [0.15, 0.2) is 0 Å². The Bertz CT molecular complexity index is 278. The topological polar surface area (TPSA) is 24.9 Å². The minimum atomic E-state index is 0.682. The van der Waals surface area contributed by atoms with Gasteiger partial charge in [0, 0.05) is 17.5 Å². The average Bonchev–Trinajstić information content (AvgIpc) is 2.88. The molecule has 1 N–H and O–H groups in total. The van der Waals surface area contributed by atoms with E-state index >= 15 is 0 Å². The molecule has 1 aromatic heterocycles. The summed E-state index contributed by atoms with van der Waals surface area (Å²) in [6, 6.07) is 0.682. The molecular weight excluding hydrogens is 180 g/mol. The van der Waals surface area contributed by atoms with E-state index in [0.717, 1.165) is 12.5 Å². The van der Waals surface area contributed by atoms with Gasteiger partial charge in [-0.05, 0) is 32.6 Å². The van der Waals surface area contributed by atoms with Gasteiger partial charge in [0.1, 0.15) is 0 Å². The highest BCUT2D eigenvalue weighted by molar-refractivity contribution is 7.09. The Morgan fingerprint density at radius 3 is 3.00 bits per heavy atom. The lowest BCUT2D eigenvalue weighted by Crippen LogP contribution is -2.27. The maximum Gasteiger partial charge on any atom is 0.0798 e. The summed E-state index contributed by atoms with van der Waals surface area (Å²) < 4.78 is 0. The number of hydrogen-bond acceptors (Lipinski definition) is 3. The van der Waals surface area contributed by atoms with Crippen LogP contribution in [0.15, 0.2) is 5.51 Å². The minimum Gasteiger partial charge on any atom is -0.309 e. The molecule has 1 aliphatic rings. The van der Waals surface area contributed by atoms with Crippen molar-refractivity contribution in [3.8, 4) is 0 Å². The standard InChI is InChI=1S/C10H16N2S/c1-7(9-3-4-9)11-5-10-8(2)12-6-13-10/h6-7,9,11H,3-5H2,1-2H3. The van der Waals surface area contributed by atoms with Crippen molar-refractivity contribution in [1.82, 2.24) is 10.3 Å². The monoisotopic (exact) mass is 196 g/mol. The van der Waals surface area contributed by atoms with Gasteiger partial charge in [0.2, 0.25) is 0 Å². The number of nitrogens with zero attached hydrogens (tertiary/aromatic N) is 1. The molecule has 1 aromatic rings. The lowest BCUT2D eigenvalue weighted by Gasteiger charge is -2.11. The Hall–Kier alpha value is -0.410. The van der Waals surface area contributed by atoms with Crippen LogP contribution in [0.4, 0.5) is 0 Å². The van der Waals surface area contributed by atoms with E-state index in [-0.39, 0.29) is 0 Å². The third-order valence-electron chi connectivity index (χ3n) is 2.76. The molecule has 72 valence electrons. The fourth-order valence-corrected chi connectivity index (χ4v) is 2.24. The maximum atomic E-state index is 4.23. The van der Waals surface area contributed by atoms with E-state index in [1.165, 1.54) is 23.4 Å². The van der Waals surface area contributed by atoms with Crippen LogP contribution in [0.3, 0.4) is 0 Å².